The van der Waals surface area contributed by atoms with Crippen LogP contribution < -0.4 is 5.56 Å². The van der Waals surface area contributed by atoms with E-state index in [9.17, 15) is 9.59 Å². The average molecular weight is 273 g/mol. The highest BCUT2D eigenvalue weighted by atomic mass is 16.2. The quantitative estimate of drug-likeness (QED) is 0.910. The molecule has 0 bridgehead atoms. The molecule has 0 saturated carbocycles. The SMILES string of the molecule is CN(CC(C)(C)C)C(=O)c1n[nH]c(=O)c2ccccc12. The van der Waals surface area contributed by atoms with Crippen molar-refractivity contribution in [3.63, 3.8) is 0 Å². The van der Waals surface area contributed by atoms with Crippen LogP contribution in [0.1, 0.15) is 31.3 Å². The fourth-order valence-electron chi connectivity index (χ4n) is 2.24. The summed E-state index contributed by atoms with van der Waals surface area (Å²) in [6.45, 7) is 6.81. The minimum atomic E-state index is -0.282. The summed E-state index contributed by atoms with van der Waals surface area (Å²) in [5, 5.41) is 7.38. The van der Waals surface area contributed by atoms with Gasteiger partial charge in [-0.2, -0.15) is 5.10 Å². The Hall–Kier alpha value is -2.17. The number of H-pyrrole nitrogens is 1. The monoisotopic (exact) mass is 273 g/mol. The third kappa shape index (κ3) is 2.87. The lowest BCUT2D eigenvalue weighted by atomic mass is 9.96. The highest BCUT2D eigenvalue weighted by Gasteiger charge is 2.22. The van der Waals surface area contributed by atoms with Gasteiger partial charge in [-0.05, 0) is 11.5 Å². The van der Waals surface area contributed by atoms with Crippen molar-refractivity contribution < 1.29 is 4.79 Å². The maximum Gasteiger partial charge on any atom is 0.274 e. The number of carbonyl (C=O) groups is 1. The summed E-state index contributed by atoms with van der Waals surface area (Å²) in [4.78, 5) is 25.8. The van der Waals surface area contributed by atoms with E-state index in [0.717, 1.165) is 0 Å². The fourth-order valence-corrected chi connectivity index (χ4v) is 2.24. The van der Waals surface area contributed by atoms with Crippen molar-refractivity contribution in [2.24, 2.45) is 5.41 Å². The molecule has 20 heavy (non-hydrogen) atoms. The van der Waals surface area contributed by atoms with E-state index >= 15 is 0 Å². The molecule has 5 heteroatoms. The molecular weight excluding hydrogens is 254 g/mol. The zero-order valence-electron chi connectivity index (χ0n) is 12.2. The molecule has 1 N–H and O–H groups in total. The van der Waals surface area contributed by atoms with Gasteiger partial charge in [-0.3, -0.25) is 9.59 Å². The number of nitrogens with one attached hydrogen (secondary N) is 1. The average Bonchev–Trinajstić information content (AvgIpc) is 2.37. The van der Waals surface area contributed by atoms with Crippen molar-refractivity contribution in [2.45, 2.75) is 20.8 Å². The van der Waals surface area contributed by atoms with Gasteiger partial charge in [-0.15, -0.1) is 0 Å². The first kappa shape index (κ1) is 14.2. The lowest BCUT2D eigenvalue weighted by molar-refractivity contribution is 0.0741. The van der Waals surface area contributed by atoms with Crippen molar-refractivity contribution in [3.8, 4) is 0 Å². The van der Waals surface area contributed by atoms with Crippen LogP contribution in [-0.4, -0.2) is 34.6 Å². The second kappa shape index (κ2) is 5.07. The molecule has 0 unspecified atom stereocenters. The molecule has 0 fully saturated rings. The zero-order valence-corrected chi connectivity index (χ0v) is 12.2. The van der Waals surface area contributed by atoms with E-state index in [2.05, 4.69) is 31.0 Å². The Morgan fingerprint density at radius 3 is 2.45 bits per heavy atom. The topological polar surface area (TPSA) is 66.1 Å². The lowest BCUT2D eigenvalue weighted by Gasteiger charge is -2.26. The molecule has 1 amide bonds. The molecule has 2 rings (SSSR count). The third-order valence-corrected chi connectivity index (χ3v) is 2.96. The number of aromatic nitrogens is 2. The van der Waals surface area contributed by atoms with E-state index in [4.69, 9.17) is 0 Å². The minimum absolute atomic E-state index is 0.00238. The molecule has 106 valence electrons. The molecule has 0 radical (unpaired) electrons. The molecule has 2 aromatic rings. The predicted octanol–water partition coefficient (Wildman–Crippen LogP) is 2.04. The van der Waals surface area contributed by atoms with Gasteiger partial charge in [0.1, 0.15) is 0 Å². The number of rotatable bonds is 2. The summed E-state index contributed by atoms with van der Waals surface area (Å²) < 4.78 is 0. The lowest BCUT2D eigenvalue weighted by Crippen LogP contribution is -2.35. The molecule has 0 spiro atoms. The van der Waals surface area contributed by atoms with Crippen LogP contribution in [0.15, 0.2) is 29.1 Å². The van der Waals surface area contributed by atoms with Gasteiger partial charge in [0.15, 0.2) is 5.69 Å². The summed E-state index contributed by atoms with van der Waals surface area (Å²) in [5.74, 6) is -0.188. The minimum Gasteiger partial charge on any atom is -0.340 e. The molecule has 0 atom stereocenters. The van der Waals surface area contributed by atoms with Gasteiger partial charge < -0.3 is 4.90 Å². The maximum atomic E-state index is 12.5. The number of hydrogen-bond acceptors (Lipinski definition) is 3. The first-order valence-electron chi connectivity index (χ1n) is 6.52. The van der Waals surface area contributed by atoms with Crippen LogP contribution in [0.2, 0.25) is 0 Å². The van der Waals surface area contributed by atoms with Crippen molar-refractivity contribution >= 4 is 16.7 Å². The number of hydrogen-bond donors (Lipinski definition) is 1. The first-order chi connectivity index (χ1) is 9.29. The number of aromatic amines is 1. The molecule has 0 saturated heterocycles. The van der Waals surface area contributed by atoms with Crippen LogP contribution in [0, 0.1) is 5.41 Å². The van der Waals surface area contributed by atoms with Crippen molar-refractivity contribution in [2.75, 3.05) is 13.6 Å². The third-order valence-electron chi connectivity index (χ3n) is 2.96. The molecule has 1 aromatic carbocycles. The number of benzene rings is 1. The molecular formula is C15H19N3O2. The zero-order chi connectivity index (χ0) is 14.9. The molecule has 0 aliphatic rings. The molecule has 0 aliphatic heterocycles. The van der Waals surface area contributed by atoms with Crippen LogP contribution in [0.4, 0.5) is 0 Å². The van der Waals surface area contributed by atoms with E-state index in [-0.39, 0.29) is 22.6 Å². The van der Waals surface area contributed by atoms with E-state index in [1.807, 2.05) is 0 Å². The van der Waals surface area contributed by atoms with Crippen LogP contribution in [-0.2, 0) is 0 Å². The van der Waals surface area contributed by atoms with Crippen LogP contribution in [0.25, 0.3) is 10.8 Å². The van der Waals surface area contributed by atoms with Crippen LogP contribution in [0.3, 0.4) is 0 Å². The first-order valence-corrected chi connectivity index (χ1v) is 6.52. The number of carbonyl (C=O) groups excluding carboxylic acids is 1. The fraction of sp³-hybridized carbons (Fsp3) is 0.400. The number of nitrogens with zero attached hydrogens (tertiary/aromatic N) is 2. The summed E-state index contributed by atoms with van der Waals surface area (Å²) in [6.07, 6.45) is 0. The highest BCUT2D eigenvalue weighted by Crippen LogP contribution is 2.18. The standard InChI is InChI=1S/C15H19N3O2/c1-15(2,3)9-18(4)14(20)12-10-7-5-6-8-11(10)13(19)17-16-12/h5-8H,9H2,1-4H3,(H,17,19). The van der Waals surface area contributed by atoms with E-state index in [1.165, 1.54) is 0 Å². The predicted molar refractivity (Wildman–Crippen MR) is 78.8 cm³/mol. The van der Waals surface area contributed by atoms with E-state index < -0.39 is 0 Å². The molecule has 0 aliphatic carbocycles. The Morgan fingerprint density at radius 1 is 1.25 bits per heavy atom. The van der Waals surface area contributed by atoms with Crippen molar-refractivity contribution in [3.05, 3.63) is 40.3 Å². The van der Waals surface area contributed by atoms with Gasteiger partial charge in [-0.25, -0.2) is 5.10 Å². The molecule has 5 nitrogen and oxygen atoms in total. The van der Waals surface area contributed by atoms with Crippen LogP contribution >= 0.6 is 0 Å². The van der Waals surface area contributed by atoms with Gasteiger partial charge in [0, 0.05) is 19.0 Å². The smallest absolute Gasteiger partial charge is 0.274 e. The maximum absolute atomic E-state index is 12.5. The number of amides is 1. The van der Waals surface area contributed by atoms with Gasteiger partial charge in [0.25, 0.3) is 11.5 Å². The second-order valence-corrected chi connectivity index (χ2v) is 6.17. The summed E-state index contributed by atoms with van der Waals surface area (Å²) >= 11 is 0. The molecule has 1 aromatic heterocycles. The van der Waals surface area contributed by atoms with Crippen LogP contribution in [0.5, 0.6) is 0 Å². The van der Waals surface area contributed by atoms with Crippen molar-refractivity contribution in [1.29, 1.82) is 0 Å². The summed E-state index contributed by atoms with van der Waals surface area (Å²) in [6, 6.07) is 7.00. The Morgan fingerprint density at radius 2 is 1.85 bits per heavy atom. The van der Waals surface area contributed by atoms with E-state index in [1.54, 1.807) is 36.2 Å². The largest absolute Gasteiger partial charge is 0.340 e. The second-order valence-electron chi connectivity index (χ2n) is 6.17. The van der Waals surface area contributed by atoms with Crippen molar-refractivity contribution in [1.82, 2.24) is 15.1 Å². The Kier molecular flexibility index (Phi) is 3.61. The normalized spacial score (nSPS) is 11.6. The Labute approximate surface area is 117 Å². The highest BCUT2D eigenvalue weighted by molar-refractivity contribution is 6.04. The number of fused-ring (bicyclic) bond motifs is 1. The van der Waals surface area contributed by atoms with Gasteiger partial charge in [-0.1, -0.05) is 39.0 Å². The molecule has 1 heterocycles. The van der Waals surface area contributed by atoms with E-state index in [0.29, 0.717) is 17.3 Å². The Balaban J connectivity index is 2.46. The summed E-state index contributed by atoms with van der Waals surface area (Å²) in [5.41, 5.74) is 0.00477. The van der Waals surface area contributed by atoms with Gasteiger partial charge >= 0.3 is 0 Å². The van der Waals surface area contributed by atoms with Gasteiger partial charge in [0.05, 0.1) is 5.39 Å². The summed E-state index contributed by atoms with van der Waals surface area (Å²) in [7, 11) is 1.75. The van der Waals surface area contributed by atoms with Gasteiger partial charge in [0.2, 0.25) is 0 Å². The Bertz CT molecular complexity index is 698.